The minimum Gasteiger partial charge on any atom is -0.337 e. The predicted octanol–water partition coefficient (Wildman–Crippen LogP) is 1.60. The van der Waals surface area contributed by atoms with Gasteiger partial charge in [0.25, 0.3) is 0 Å². The van der Waals surface area contributed by atoms with Crippen LogP contribution in [0, 0.1) is 12.8 Å². The Hall–Kier alpha value is -1.66. The van der Waals surface area contributed by atoms with Gasteiger partial charge in [0.2, 0.25) is 11.8 Å². The Morgan fingerprint density at radius 3 is 2.55 bits per heavy atom. The maximum atomic E-state index is 12.4. The van der Waals surface area contributed by atoms with E-state index in [-0.39, 0.29) is 17.7 Å². The molecule has 2 rings (SSSR count). The smallest absolute Gasteiger partial charge is 0.246 e. The Kier molecular flexibility index (Phi) is 5.37. The Labute approximate surface area is 135 Å². The molecular formula is C16H23N3O2S. The van der Waals surface area contributed by atoms with Crippen LogP contribution in [0.15, 0.2) is 24.3 Å². The van der Waals surface area contributed by atoms with Crippen LogP contribution in [0.1, 0.15) is 4.88 Å². The van der Waals surface area contributed by atoms with Crippen molar-refractivity contribution in [3.63, 3.8) is 0 Å². The fourth-order valence-electron chi connectivity index (χ4n) is 2.27. The monoisotopic (exact) mass is 321 g/mol. The summed E-state index contributed by atoms with van der Waals surface area (Å²) in [6.45, 7) is 3.79. The number of likely N-dealkylation sites (N-methyl/N-ethyl adjacent to an activating group) is 1. The number of hydrogen-bond acceptors (Lipinski definition) is 4. The van der Waals surface area contributed by atoms with Crippen molar-refractivity contribution in [3.8, 4) is 0 Å². The maximum Gasteiger partial charge on any atom is 0.246 e. The van der Waals surface area contributed by atoms with E-state index in [1.165, 1.54) is 4.88 Å². The van der Waals surface area contributed by atoms with Crippen molar-refractivity contribution < 1.29 is 9.59 Å². The van der Waals surface area contributed by atoms with E-state index in [9.17, 15) is 9.59 Å². The van der Waals surface area contributed by atoms with E-state index in [0.29, 0.717) is 13.1 Å². The molecular weight excluding hydrogens is 298 g/mol. The summed E-state index contributed by atoms with van der Waals surface area (Å²) < 4.78 is 0. The Bertz CT molecular complexity index is 574. The first-order valence-electron chi connectivity index (χ1n) is 7.32. The highest BCUT2D eigenvalue weighted by molar-refractivity contribution is 7.16. The molecule has 6 heteroatoms. The van der Waals surface area contributed by atoms with Crippen LogP contribution < -0.4 is 4.90 Å². The van der Waals surface area contributed by atoms with Gasteiger partial charge in [0, 0.05) is 37.6 Å². The van der Waals surface area contributed by atoms with Crippen LogP contribution in [0.2, 0.25) is 0 Å². The molecule has 0 unspecified atom stereocenters. The van der Waals surface area contributed by atoms with Crippen molar-refractivity contribution in [2.75, 3.05) is 45.7 Å². The Morgan fingerprint density at radius 2 is 2.00 bits per heavy atom. The van der Waals surface area contributed by atoms with E-state index in [0.717, 1.165) is 11.5 Å². The van der Waals surface area contributed by atoms with Crippen LogP contribution in [-0.4, -0.2) is 62.4 Å². The summed E-state index contributed by atoms with van der Waals surface area (Å²) >= 11 is 1.61. The lowest BCUT2D eigenvalue weighted by atomic mass is 9.98. The van der Waals surface area contributed by atoms with Gasteiger partial charge in [0.15, 0.2) is 0 Å². The second-order valence-corrected chi connectivity index (χ2v) is 7.15. The number of anilines is 1. The molecule has 1 fully saturated rings. The average molecular weight is 321 g/mol. The van der Waals surface area contributed by atoms with E-state index in [2.05, 4.69) is 0 Å². The van der Waals surface area contributed by atoms with Gasteiger partial charge in [-0.05, 0) is 33.2 Å². The molecule has 0 radical (unpaired) electrons. The van der Waals surface area contributed by atoms with E-state index >= 15 is 0 Å². The lowest BCUT2D eigenvalue weighted by molar-refractivity contribution is -0.138. The standard InChI is InChI=1S/C16H23N3O2S/c1-12-7-8-15(22-12)18(4)16(21)13-10-19(11-13)14(20)6-5-9-17(2)3/h5-8,13H,9-11H2,1-4H3/b6-5+. The maximum absolute atomic E-state index is 12.4. The number of thiophene rings is 1. The molecule has 1 saturated heterocycles. The van der Waals surface area contributed by atoms with Gasteiger partial charge in [-0.2, -0.15) is 0 Å². The molecule has 1 aromatic rings. The van der Waals surface area contributed by atoms with Crippen molar-refractivity contribution in [2.24, 2.45) is 5.92 Å². The zero-order valence-electron chi connectivity index (χ0n) is 13.6. The molecule has 22 heavy (non-hydrogen) atoms. The highest BCUT2D eigenvalue weighted by atomic mass is 32.1. The molecule has 0 aliphatic carbocycles. The van der Waals surface area contributed by atoms with Gasteiger partial charge in [0.05, 0.1) is 10.9 Å². The largest absolute Gasteiger partial charge is 0.337 e. The molecule has 0 bridgehead atoms. The summed E-state index contributed by atoms with van der Waals surface area (Å²) in [6, 6.07) is 3.97. The first-order chi connectivity index (χ1) is 10.4. The van der Waals surface area contributed by atoms with E-state index in [1.54, 1.807) is 34.3 Å². The third kappa shape index (κ3) is 3.96. The van der Waals surface area contributed by atoms with Crippen molar-refractivity contribution in [1.29, 1.82) is 0 Å². The van der Waals surface area contributed by atoms with Crippen LogP contribution in [0.5, 0.6) is 0 Å². The van der Waals surface area contributed by atoms with Crippen molar-refractivity contribution >= 4 is 28.2 Å². The zero-order valence-corrected chi connectivity index (χ0v) is 14.4. The molecule has 1 aliphatic heterocycles. The molecule has 5 nitrogen and oxygen atoms in total. The summed E-state index contributed by atoms with van der Waals surface area (Å²) in [5, 5.41) is 0.957. The highest BCUT2D eigenvalue weighted by Crippen LogP contribution is 2.27. The number of amides is 2. The number of aryl methyl sites for hydroxylation is 1. The van der Waals surface area contributed by atoms with E-state index in [1.807, 2.05) is 44.1 Å². The van der Waals surface area contributed by atoms with Crippen LogP contribution in [0.4, 0.5) is 5.00 Å². The van der Waals surface area contributed by atoms with Gasteiger partial charge < -0.3 is 14.7 Å². The second-order valence-electron chi connectivity index (χ2n) is 5.89. The predicted molar refractivity (Wildman–Crippen MR) is 90.2 cm³/mol. The molecule has 2 heterocycles. The van der Waals surface area contributed by atoms with Crippen LogP contribution in [0.25, 0.3) is 0 Å². The SMILES string of the molecule is Cc1ccc(N(C)C(=O)C2CN(C(=O)/C=C/CN(C)C)C2)s1. The van der Waals surface area contributed by atoms with Gasteiger partial charge >= 0.3 is 0 Å². The number of likely N-dealkylation sites (tertiary alicyclic amines) is 1. The highest BCUT2D eigenvalue weighted by Gasteiger charge is 2.36. The lowest BCUT2D eigenvalue weighted by Crippen LogP contribution is -2.55. The fourth-order valence-corrected chi connectivity index (χ4v) is 3.10. The summed E-state index contributed by atoms with van der Waals surface area (Å²) in [5.41, 5.74) is 0. The summed E-state index contributed by atoms with van der Waals surface area (Å²) in [4.78, 5) is 30.9. The van der Waals surface area contributed by atoms with Crippen molar-refractivity contribution in [3.05, 3.63) is 29.2 Å². The van der Waals surface area contributed by atoms with Gasteiger partial charge in [-0.15, -0.1) is 11.3 Å². The molecule has 0 atom stereocenters. The van der Waals surface area contributed by atoms with Crippen LogP contribution in [0.3, 0.4) is 0 Å². The lowest BCUT2D eigenvalue weighted by Gasteiger charge is -2.39. The minimum absolute atomic E-state index is 0.0134. The third-order valence-electron chi connectivity index (χ3n) is 3.66. The molecule has 1 aliphatic rings. The van der Waals surface area contributed by atoms with Crippen LogP contribution in [-0.2, 0) is 9.59 Å². The third-order valence-corrected chi connectivity index (χ3v) is 4.74. The molecule has 0 saturated carbocycles. The molecule has 1 aromatic heterocycles. The zero-order chi connectivity index (χ0) is 16.3. The summed E-state index contributed by atoms with van der Waals surface area (Å²) in [7, 11) is 5.71. The van der Waals surface area contributed by atoms with E-state index in [4.69, 9.17) is 0 Å². The molecule has 0 spiro atoms. The van der Waals surface area contributed by atoms with Crippen LogP contribution >= 0.6 is 11.3 Å². The minimum atomic E-state index is -0.0846. The first kappa shape index (κ1) is 16.7. The van der Waals surface area contributed by atoms with Crippen molar-refractivity contribution in [1.82, 2.24) is 9.80 Å². The van der Waals surface area contributed by atoms with E-state index < -0.39 is 0 Å². The molecule has 120 valence electrons. The molecule has 0 aromatic carbocycles. The Balaban J connectivity index is 1.82. The van der Waals surface area contributed by atoms with Gasteiger partial charge in [-0.25, -0.2) is 0 Å². The summed E-state index contributed by atoms with van der Waals surface area (Å²) in [5.74, 6) is -0.0118. The number of rotatable bonds is 5. The number of hydrogen-bond donors (Lipinski definition) is 0. The number of carbonyl (C=O) groups is 2. The topological polar surface area (TPSA) is 43.9 Å². The first-order valence-corrected chi connectivity index (χ1v) is 8.14. The normalized spacial score (nSPS) is 15.4. The summed E-state index contributed by atoms with van der Waals surface area (Å²) in [6.07, 6.45) is 3.44. The Morgan fingerprint density at radius 1 is 1.32 bits per heavy atom. The molecule has 0 N–H and O–H groups in total. The van der Waals surface area contributed by atoms with Crippen molar-refractivity contribution in [2.45, 2.75) is 6.92 Å². The van der Waals surface area contributed by atoms with Gasteiger partial charge in [0.1, 0.15) is 0 Å². The second kappa shape index (κ2) is 7.07. The van der Waals surface area contributed by atoms with Gasteiger partial charge in [-0.3, -0.25) is 9.59 Å². The fraction of sp³-hybridized carbons (Fsp3) is 0.500. The number of carbonyl (C=O) groups excluding carboxylic acids is 2. The van der Waals surface area contributed by atoms with Gasteiger partial charge in [-0.1, -0.05) is 6.08 Å². The number of nitrogens with zero attached hydrogens (tertiary/aromatic N) is 3. The quantitative estimate of drug-likeness (QED) is 0.774. The average Bonchev–Trinajstić information content (AvgIpc) is 2.82. The molecule has 2 amide bonds.